The van der Waals surface area contributed by atoms with E-state index >= 15 is 0 Å². The number of nitrogens with zero attached hydrogens (tertiary/aromatic N) is 3. The van der Waals surface area contributed by atoms with Crippen LogP contribution in [-0.2, 0) is 11.3 Å². The van der Waals surface area contributed by atoms with E-state index < -0.39 is 0 Å². The normalized spacial score (nSPS) is 23.0. The molecule has 6 nitrogen and oxygen atoms in total. The van der Waals surface area contributed by atoms with Gasteiger partial charge in [-0.1, -0.05) is 0 Å². The number of oxazole rings is 1. The van der Waals surface area contributed by atoms with Crippen LogP contribution in [0.5, 0.6) is 0 Å². The van der Waals surface area contributed by atoms with Crippen LogP contribution >= 0.6 is 0 Å². The fourth-order valence-corrected chi connectivity index (χ4v) is 3.32. The van der Waals surface area contributed by atoms with Crippen molar-refractivity contribution in [1.29, 1.82) is 0 Å². The van der Waals surface area contributed by atoms with Crippen LogP contribution in [0, 0.1) is 0 Å². The molecule has 1 amide bonds. The van der Waals surface area contributed by atoms with Crippen molar-refractivity contribution < 1.29 is 9.21 Å². The second-order valence-electron chi connectivity index (χ2n) is 5.85. The summed E-state index contributed by atoms with van der Waals surface area (Å²) in [7, 11) is 0. The molecule has 2 saturated heterocycles. The van der Waals surface area contributed by atoms with Crippen molar-refractivity contribution in [2.45, 2.75) is 25.4 Å². The zero-order valence-corrected chi connectivity index (χ0v) is 11.8. The molecule has 1 aromatic heterocycles. The van der Waals surface area contributed by atoms with Gasteiger partial charge in [0.2, 0.25) is 11.8 Å². The number of hydrogen-bond acceptors (Lipinski definition) is 5. The monoisotopic (exact) mass is 286 g/mol. The molecule has 2 aromatic rings. The molecule has 0 saturated carbocycles. The number of carbonyl (C=O) groups is 1. The van der Waals surface area contributed by atoms with E-state index in [0.29, 0.717) is 36.5 Å². The fraction of sp³-hybridized carbons (Fsp3) is 0.467. The van der Waals surface area contributed by atoms with Crippen molar-refractivity contribution in [2.24, 2.45) is 0 Å². The van der Waals surface area contributed by atoms with E-state index in [9.17, 15) is 4.79 Å². The van der Waals surface area contributed by atoms with Gasteiger partial charge in [-0.3, -0.25) is 9.69 Å². The van der Waals surface area contributed by atoms with Gasteiger partial charge >= 0.3 is 0 Å². The Morgan fingerprint density at radius 1 is 1.38 bits per heavy atom. The summed E-state index contributed by atoms with van der Waals surface area (Å²) >= 11 is 0. The first kappa shape index (κ1) is 12.6. The highest BCUT2D eigenvalue weighted by Crippen LogP contribution is 2.24. The van der Waals surface area contributed by atoms with Crippen molar-refractivity contribution in [1.82, 2.24) is 14.8 Å². The molecule has 1 unspecified atom stereocenters. The lowest BCUT2D eigenvalue weighted by Gasteiger charge is -2.36. The lowest BCUT2D eigenvalue weighted by Crippen LogP contribution is -2.50. The van der Waals surface area contributed by atoms with Gasteiger partial charge in [0.1, 0.15) is 5.52 Å². The Morgan fingerprint density at radius 2 is 2.29 bits per heavy atom. The number of aromatic nitrogens is 1. The number of nitrogen functional groups attached to an aromatic ring is 1. The number of nitrogens with two attached hydrogens (primary N) is 1. The van der Waals surface area contributed by atoms with Crippen molar-refractivity contribution in [3.63, 3.8) is 0 Å². The molecular formula is C15H18N4O2. The number of fused-ring (bicyclic) bond motifs is 2. The first-order chi connectivity index (χ1) is 10.2. The molecule has 1 aromatic carbocycles. The van der Waals surface area contributed by atoms with E-state index in [1.54, 1.807) is 6.07 Å². The first-order valence-corrected chi connectivity index (χ1v) is 7.36. The second-order valence-corrected chi connectivity index (χ2v) is 5.85. The highest BCUT2D eigenvalue weighted by Gasteiger charge is 2.35. The van der Waals surface area contributed by atoms with Gasteiger partial charge in [0.25, 0.3) is 0 Å². The minimum atomic E-state index is 0.303. The number of amides is 1. The van der Waals surface area contributed by atoms with E-state index in [2.05, 4.69) is 9.88 Å². The van der Waals surface area contributed by atoms with Gasteiger partial charge in [0.15, 0.2) is 5.58 Å². The number of hydrogen-bond donors (Lipinski definition) is 1. The predicted octanol–water partition coefficient (Wildman–Crippen LogP) is 1.22. The maximum absolute atomic E-state index is 11.7. The smallest absolute Gasteiger partial charge is 0.222 e. The Morgan fingerprint density at radius 3 is 3.19 bits per heavy atom. The van der Waals surface area contributed by atoms with Gasteiger partial charge in [-0.15, -0.1) is 0 Å². The van der Waals surface area contributed by atoms with Crippen LogP contribution in [0.15, 0.2) is 22.6 Å². The molecule has 21 heavy (non-hydrogen) atoms. The van der Waals surface area contributed by atoms with Crippen LogP contribution in [0.1, 0.15) is 18.7 Å². The SMILES string of the molecule is Nc1ccc2nc(CN3CCN4C(=O)CCC4C3)oc2c1. The van der Waals surface area contributed by atoms with Crippen LogP contribution < -0.4 is 5.73 Å². The maximum Gasteiger partial charge on any atom is 0.222 e. The number of piperazine rings is 1. The summed E-state index contributed by atoms with van der Waals surface area (Å²) in [6.07, 6.45) is 1.67. The molecule has 2 fully saturated rings. The Bertz CT molecular complexity index is 696. The van der Waals surface area contributed by atoms with Gasteiger partial charge < -0.3 is 15.1 Å². The Balaban J connectivity index is 1.49. The number of carbonyl (C=O) groups excluding carboxylic acids is 1. The van der Waals surface area contributed by atoms with Gasteiger partial charge in [-0.25, -0.2) is 4.98 Å². The van der Waals surface area contributed by atoms with Crippen molar-refractivity contribution in [3.05, 3.63) is 24.1 Å². The number of rotatable bonds is 2. The molecule has 2 N–H and O–H groups in total. The van der Waals surface area contributed by atoms with E-state index in [1.165, 1.54) is 0 Å². The summed E-state index contributed by atoms with van der Waals surface area (Å²) in [5, 5.41) is 0. The van der Waals surface area contributed by atoms with Crippen molar-refractivity contribution in [3.8, 4) is 0 Å². The van der Waals surface area contributed by atoms with Crippen LogP contribution in [0.25, 0.3) is 11.1 Å². The second kappa shape index (κ2) is 4.73. The average Bonchev–Trinajstić information content (AvgIpc) is 3.02. The van der Waals surface area contributed by atoms with E-state index in [4.69, 9.17) is 10.2 Å². The van der Waals surface area contributed by atoms with Crippen molar-refractivity contribution >= 4 is 22.7 Å². The molecule has 0 bridgehead atoms. The summed E-state index contributed by atoms with van der Waals surface area (Å²) < 4.78 is 5.77. The third-order valence-corrected chi connectivity index (χ3v) is 4.39. The summed E-state index contributed by atoms with van der Waals surface area (Å²) in [6, 6.07) is 5.88. The lowest BCUT2D eigenvalue weighted by atomic mass is 10.1. The maximum atomic E-state index is 11.7. The Hall–Kier alpha value is -2.08. The molecule has 110 valence electrons. The molecule has 6 heteroatoms. The van der Waals surface area contributed by atoms with Gasteiger partial charge in [-0.05, 0) is 18.6 Å². The molecule has 0 aliphatic carbocycles. The summed E-state index contributed by atoms with van der Waals surface area (Å²) in [5.41, 5.74) is 8.01. The molecular weight excluding hydrogens is 268 g/mol. The number of benzene rings is 1. The average molecular weight is 286 g/mol. The molecule has 0 radical (unpaired) electrons. The third kappa shape index (κ3) is 2.25. The zero-order chi connectivity index (χ0) is 14.4. The minimum Gasteiger partial charge on any atom is -0.439 e. The molecule has 1 atom stereocenters. The third-order valence-electron chi connectivity index (χ3n) is 4.39. The zero-order valence-electron chi connectivity index (χ0n) is 11.8. The molecule has 0 spiro atoms. The van der Waals surface area contributed by atoms with E-state index in [1.807, 2.05) is 17.0 Å². The van der Waals surface area contributed by atoms with Gasteiger partial charge in [-0.2, -0.15) is 0 Å². The van der Waals surface area contributed by atoms with Crippen LogP contribution in [0.4, 0.5) is 5.69 Å². The highest BCUT2D eigenvalue weighted by molar-refractivity contribution is 5.79. The standard InChI is InChI=1S/C15H18N4O2/c16-10-1-3-12-13(7-10)21-14(17-12)9-18-5-6-19-11(8-18)2-4-15(19)20/h1,3,7,11H,2,4-6,8-9,16H2. The molecule has 2 aliphatic heterocycles. The highest BCUT2D eigenvalue weighted by atomic mass is 16.3. The first-order valence-electron chi connectivity index (χ1n) is 7.36. The van der Waals surface area contributed by atoms with E-state index in [0.717, 1.165) is 37.2 Å². The Kier molecular flexibility index (Phi) is 2.85. The summed E-state index contributed by atoms with van der Waals surface area (Å²) in [4.78, 5) is 20.5. The van der Waals surface area contributed by atoms with E-state index in [-0.39, 0.29) is 0 Å². The predicted molar refractivity (Wildman–Crippen MR) is 78.4 cm³/mol. The Labute approximate surface area is 122 Å². The lowest BCUT2D eigenvalue weighted by molar-refractivity contribution is -0.130. The molecule has 2 aliphatic rings. The number of anilines is 1. The summed E-state index contributed by atoms with van der Waals surface area (Å²) in [5.74, 6) is 1.02. The van der Waals surface area contributed by atoms with Crippen LogP contribution in [-0.4, -0.2) is 46.4 Å². The fourth-order valence-electron chi connectivity index (χ4n) is 3.32. The van der Waals surface area contributed by atoms with Gasteiger partial charge in [0, 0.05) is 43.9 Å². The van der Waals surface area contributed by atoms with Crippen LogP contribution in [0.3, 0.4) is 0 Å². The largest absolute Gasteiger partial charge is 0.439 e. The van der Waals surface area contributed by atoms with Crippen molar-refractivity contribution in [2.75, 3.05) is 25.4 Å². The topological polar surface area (TPSA) is 75.6 Å². The molecule has 3 heterocycles. The minimum absolute atomic E-state index is 0.303. The summed E-state index contributed by atoms with van der Waals surface area (Å²) in [6.45, 7) is 3.29. The van der Waals surface area contributed by atoms with Crippen LogP contribution in [0.2, 0.25) is 0 Å². The van der Waals surface area contributed by atoms with Gasteiger partial charge in [0.05, 0.1) is 6.54 Å². The molecule has 4 rings (SSSR count). The quantitative estimate of drug-likeness (QED) is 0.840.